The molecule has 0 N–H and O–H groups in total. The normalized spacial score (nSPS) is 10.9. The van der Waals surface area contributed by atoms with E-state index in [2.05, 4.69) is 4.98 Å². The van der Waals surface area contributed by atoms with Crippen molar-refractivity contribution in [1.29, 1.82) is 0 Å². The van der Waals surface area contributed by atoms with Crippen LogP contribution in [0, 0.1) is 12.7 Å². The highest BCUT2D eigenvalue weighted by molar-refractivity contribution is 6.17. The van der Waals surface area contributed by atoms with E-state index in [-0.39, 0.29) is 11.7 Å². The summed E-state index contributed by atoms with van der Waals surface area (Å²) in [4.78, 5) is 4.38. The molecule has 3 nitrogen and oxygen atoms in total. The zero-order valence-corrected chi connectivity index (χ0v) is 11.6. The average Bonchev–Trinajstić information content (AvgIpc) is 2.80. The number of benzene rings is 1. The molecule has 1 aromatic carbocycles. The highest BCUT2D eigenvalue weighted by Gasteiger charge is 2.14. The quantitative estimate of drug-likeness (QED) is 0.672. The van der Waals surface area contributed by atoms with Crippen LogP contribution in [0.5, 0.6) is 11.6 Å². The van der Waals surface area contributed by atoms with E-state index in [4.69, 9.17) is 16.3 Å². The molecule has 2 aromatic heterocycles. The van der Waals surface area contributed by atoms with Gasteiger partial charge in [-0.25, -0.2) is 4.39 Å². The molecule has 5 heteroatoms. The number of rotatable bonds is 3. The summed E-state index contributed by atoms with van der Waals surface area (Å²) >= 11 is 5.97. The van der Waals surface area contributed by atoms with Crippen LogP contribution in [-0.2, 0) is 5.88 Å². The first-order valence-electron chi connectivity index (χ1n) is 6.15. The summed E-state index contributed by atoms with van der Waals surface area (Å²) in [5.41, 5.74) is 2.32. The number of nitrogens with zero attached hydrogens (tertiary/aromatic N) is 2. The fraction of sp³-hybridized carbons (Fsp3) is 0.133. The standard InChI is InChI=1S/C15H12ClFN2O/c1-10-5-6-11(17)8-13(10)20-15-12(9-16)19-7-3-2-4-14(19)18-15/h2-8H,9H2,1H3. The van der Waals surface area contributed by atoms with Gasteiger partial charge >= 0.3 is 0 Å². The van der Waals surface area contributed by atoms with Crippen LogP contribution in [-0.4, -0.2) is 9.38 Å². The van der Waals surface area contributed by atoms with Crippen molar-refractivity contribution in [3.8, 4) is 11.6 Å². The van der Waals surface area contributed by atoms with Crippen molar-refractivity contribution in [3.05, 3.63) is 59.7 Å². The van der Waals surface area contributed by atoms with Gasteiger partial charge in [0.15, 0.2) is 0 Å². The fourth-order valence-electron chi connectivity index (χ4n) is 2.02. The van der Waals surface area contributed by atoms with Crippen LogP contribution in [0.25, 0.3) is 5.65 Å². The van der Waals surface area contributed by atoms with Crippen LogP contribution < -0.4 is 4.74 Å². The maximum Gasteiger partial charge on any atom is 0.242 e. The number of halogens is 2. The monoisotopic (exact) mass is 290 g/mol. The molecule has 2 heterocycles. The molecule has 0 atom stereocenters. The van der Waals surface area contributed by atoms with E-state index in [1.165, 1.54) is 12.1 Å². The first-order chi connectivity index (χ1) is 9.69. The summed E-state index contributed by atoms with van der Waals surface area (Å²) in [5, 5.41) is 0. The van der Waals surface area contributed by atoms with Crippen molar-refractivity contribution in [2.75, 3.05) is 0 Å². The van der Waals surface area contributed by atoms with E-state index in [0.717, 1.165) is 16.9 Å². The molecular formula is C15H12ClFN2O. The molecule has 0 amide bonds. The van der Waals surface area contributed by atoms with Gasteiger partial charge in [0.1, 0.15) is 22.9 Å². The molecule has 0 fully saturated rings. The van der Waals surface area contributed by atoms with Gasteiger partial charge in [-0.3, -0.25) is 4.40 Å². The minimum Gasteiger partial charge on any atom is -0.437 e. The maximum atomic E-state index is 13.3. The third kappa shape index (κ3) is 2.23. The number of pyridine rings is 1. The van der Waals surface area contributed by atoms with Gasteiger partial charge in [-0.15, -0.1) is 11.6 Å². The molecule has 20 heavy (non-hydrogen) atoms. The summed E-state index contributed by atoms with van der Waals surface area (Å²) < 4.78 is 20.9. The lowest BCUT2D eigenvalue weighted by Crippen LogP contribution is -1.93. The second-order valence-corrected chi connectivity index (χ2v) is 4.71. The van der Waals surface area contributed by atoms with Crippen molar-refractivity contribution < 1.29 is 9.13 Å². The van der Waals surface area contributed by atoms with Crippen LogP contribution in [0.1, 0.15) is 11.3 Å². The van der Waals surface area contributed by atoms with E-state index in [1.807, 2.05) is 35.7 Å². The Morgan fingerprint density at radius 1 is 1.30 bits per heavy atom. The molecule has 0 bridgehead atoms. The van der Waals surface area contributed by atoms with Gasteiger partial charge in [-0.2, -0.15) is 4.98 Å². The number of imidazole rings is 1. The van der Waals surface area contributed by atoms with Crippen molar-refractivity contribution in [2.24, 2.45) is 0 Å². The lowest BCUT2D eigenvalue weighted by molar-refractivity contribution is 0.453. The Labute approximate surface area is 120 Å². The largest absolute Gasteiger partial charge is 0.437 e. The molecule has 0 aliphatic heterocycles. The Bertz CT molecular complexity index is 770. The summed E-state index contributed by atoms with van der Waals surface area (Å²) in [5.74, 6) is 0.760. The number of ether oxygens (including phenoxy) is 1. The Hall–Kier alpha value is -2.07. The van der Waals surface area contributed by atoms with Crippen molar-refractivity contribution >= 4 is 17.2 Å². The minimum absolute atomic E-state index is 0.259. The van der Waals surface area contributed by atoms with Crippen LogP contribution in [0.4, 0.5) is 4.39 Å². The first-order valence-corrected chi connectivity index (χ1v) is 6.68. The molecule has 0 spiro atoms. The van der Waals surface area contributed by atoms with Crippen molar-refractivity contribution in [1.82, 2.24) is 9.38 Å². The number of aryl methyl sites for hydroxylation is 1. The SMILES string of the molecule is Cc1ccc(F)cc1Oc1nc2ccccn2c1CCl. The van der Waals surface area contributed by atoms with E-state index in [1.54, 1.807) is 6.07 Å². The van der Waals surface area contributed by atoms with Gasteiger partial charge in [0.05, 0.1) is 5.88 Å². The first kappa shape index (κ1) is 12.9. The van der Waals surface area contributed by atoms with Gasteiger partial charge in [0.25, 0.3) is 0 Å². The molecule has 0 unspecified atom stereocenters. The third-order valence-electron chi connectivity index (χ3n) is 3.08. The second kappa shape index (κ2) is 5.13. The highest BCUT2D eigenvalue weighted by atomic mass is 35.5. The zero-order chi connectivity index (χ0) is 14.1. The smallest absolute Gasteiger partial charge is 0.242 e. The van der Waals surface area contributed by atoms with Crippen LogP contribution in [0.2, 0.25) is 0 Å². The molecule has 3 aromatic rings. The molecule has 0 aliphatic rings. The average molecular weight is 291 g/mol. The van der Waals surface area contributed by atoms with Gasteiger partial charge in [0.2, 0.25) is 5.88 Å². The second-order valence-electron chi connectivity index (χ2n) is 4.44. The molecular weight excluding hydrogens is 279 g/mol. The fourth-order valence-corrected chi connectivity index (χ4v) is 2.26. The Morgan fingerprint density at radius 3 is 2.95 bits per heavy atom. The summed E-state index contributed by atoms with van der Waals surface area (Å²) in [7, 11) is 0. The molecule has 3 rings (SSSR count). The van der Waals surface area contributed by atoms with Crippen LogP contribution in [0.15, 0.2) is 42.6 Å². The van der Waals surface area contributed by atoms with E-state index in [9.17, 15) is 4.39 Å². The van der Waals surface area contributed by atoms with E-state index >= 15 is 0 Å². The van der Waals surface area contributed by atoms with Crippen LogP contribution in [0.3, 0.4) is 0 Å². The topological polar surface area (TPSA) is 26.5 Å². The zero-order valence-electron chi connectivity index (χ0n) is 10.8. The molecule has 0 saturated heterocycles. The molecule has 102 valence electrons. The lowest BCUT2D eigenvalue weighted by Gasteiger charge is -2.07. The van der Waals surface area contributed by atoms with Crippen molar-refractivity contribution in [2.45, 2.75) is 12.8 Å². The Morgan fingerprint density at radius 2 is 2.15 bits per heavy atom. The maximum absolute atomic E-state index is 13.3. The number of alkyl halides is 1. The molecule has 0 aliphatic carbocycles. The number of fused-ring (bicyclic) bond motifs is 1. The summed E-state index contributed by atoms with van der Waals surface area (Å²) in [6, 6.07) is 10.0. The lowest BCUT2D eigenvalue weighted by atomic mass is 10.2. The summed E-state index contributed by atoms with van der Waals surface area (Å²) in [6.07, 6.45) is 1.87. The third-order valence-corrected chi connectivity index (χ3v) is 3.33. The molecule has 0 radical (unpaired) electrons. The number of hydrogen-bond donors (Lipinski definition) is 0. The highest BCUT2D eigenvalue weighted by Crippen LogP contribution is 2.29. The van der Waals surface area contributed by atoms with Gasteiger partial charge in [0, 0.05) is 12.3 Å². The van der Waals surface area contributed by atoms with Gasteiger partial charge < -0.3 is 4.74 Å². The predicted octanol–water partition coefficient (Wildman–Crippen LogP) is 4.31. The van der Waals surface area contributed by atoms with E-state index < -0.39 is 0 Å². The Balaban J connectivity index is 2.08. The van der Waals surface area contributed by atoms with E-state index in [0.29, 0.717) is 11.6 Å². The van der Waals surface area contributed by atoms with Crippen LogP contribution >= 0.6 is 11.6 Å². The summed E-state index contributed by atoms with van der Waals surface area (Å²) in [6.45, 7) is 1.85. The minimum atomic E-state index is -0.346. The molecule has 0 saturated carbocycles. The number of hydrogen-bond acceptors (Lipinski definition) is 2. The van der Waals surface area contributed by atoms with Gasteiger partial charge in [-0.1, -0.05) is 12.1 Å². The Kier molecular flexibility index (Phi) is 3.32. The predicted molar refractivity (Wildman–Crippen MR) is 76.0 cm³/mol. The van der Waals surface area contributed by atoms with Crippen molar-refractivity contribution in [3.63, 3.8) is 0 Å². The van der Waals surface area contributed by atoms with Gasteiger partial charge in [-0.05, 0) is 30.7 Å². The number of aromatic nitrogens is 2.